The van der Waals surface area contributed by atoms with E-state index in [9.17, 15) is 0 Å². The van der Waals surface area contributed by atoms with Gasteiger partial charge < -0.3 is 76.6 Å². The standard InChI is InChI=1S/Ag.5NO3.Si/c;5*2-1(3)4;/q+1;5*-1;+4. The van der Waals surface area contributed by atoms with Crippen LogP contribution in [0.3, 0.4) is 0 Å². The minimum absolute atomic E-state index is 0. The van der Waals surface area contributed by atoms with E-state index < -0.39 is 25.4 Å². The summed E-state index contributed by atoms with van der Waals surface area (Å²) in [5.74, 6) is 0. The first-order chi connectivity index (χ1) is 8.66. The van der Waals surface area contributed by atoms with Crippen LogP contribution in [0.1, 0.15) is 0 Å². The fourth-order valence-corrected chi connectivity index (χ4v) is 0. The summed E-state index contributed by atoms with van der Waals surface area (Å²) in [5.41, 5.74) is 0. The molecule has 0 aliphatic rings. The van der Waals surface area contributed by atoms with Crippen molar-refractivity contribution >= 4 is 11.0 Å². The normalized spacial score (nSPS) is 5.45. The third-order valence-corrected chi connectivity index (χ3v) is 0. The molecule has 0 amide bonds. The van der Waals surface area contributed by atoms with Gasteiger partial charge in [0.25, 0.3) is 0 Å². The smallest absolute Gasteiger partial charge is 0.356 e. The molecule has 0 saturated carbocycles. The SMILES string of the molecule is O=[N+]([O-])[O-].O=[N+]([O-])[O-].O=[N+]([O-])[O-].O=[N+]([O-])[O-].O=[N+]([O-])[O-].[Ag+].[Si+4]. The molecule has 0 saturated heterocycles. The summed E-state index contributed by atoms with van der Waals surface area (Å²) in [6.45, 7) is 0. The Labute approximate surface area is 136 Å². The minimum atomic E-state index is -1.75. The quantitative estimate of drug-likeness (QED) is 0.230. The van der Waals surface area contributed by atoms with Crippen LogP contribution in [0.5, 0.6) is 0 Å². The molecule has 20 nitrogen and oxygen atoms in total. The third kappa shape index (κ3) is 466. The van der Waals surface area contributed by atoms with Gasteiger partial charge in [0.2, 0.25) is 0 Å². The maximum absolute atomic E-state index is 8.25. The van der Waals surface area contributed by atoms with E-state index in [-0.39, 0.29) is 33.3 Å². The van der Waals surface area contributed by atoms with Crippen molar-refractivity contribution in [1.29, 1.82) is 0 Å². The van der Waals surface area contributed by atoms with E-state index in [0.29, 0.717) is 0 Å². The van der Waals surface area contributed by atoms with Crippen molar-refractivity contribution in [3.05, 3.63) is 76.6 Å². The van der Waals surface area contributed by atoms with Gasteiger partial charge in [-0.15, -0.1) is 0 Å². The second-order valence-corrected chi connectivity index (χ2v) is 1.12. The molecule has 0 aliphatic heterocycles. The second kappa shape index (κ2) is 36.1. The van der Waals surface area contributed by atoms with Crippen molar-refractivity contribution in [1.82, 2.24) is 0 Å². The summed E-state index contributed by atoms with van der Waals surface area (Å²) in [4.78, 5) is 41.2. The molecular formula is AgN5O15Si. The van der Waals surface area contributed by atoms with E-state index in [2.05, 4.69) is 0 Å². The van der Waals surface area contributed by atoms with Crippen molar-refractivity contribution < 1.29 is 47.8 Å². The van der Waals surface area contributed by atoms with E-state index in [1.165, 1.54) is 0 Å². The van der Waals surface area contributed by atoms with Crippen LogP contribution in [0, 0.1) is 76.6 Å². The first-order valence-corrected chi connectivity index (χ1v) is 2.74. The van der Waals surface area contributed by atoms with Crippen LogP contribution in [0.25, 0.3) is 0 Å². The molecule has 0 spiro atoms. The van der Waals surface area contributed by atoms with Crippen LogP contribution >= 0.6 is 0 Å². The van der Waals surface area contributed by atoms with Crippen molar-refractivity contribution in [3.8, 4) is 0 Å². The predicted octanol–water partition coefficient (Wildman–Crippen LogP) is -1.58. The van der Waals surface area contributed by atoms with Crippen molar-refractivity contribution in [3.63, 3.8) is 0 Å². The monoisotopic (exact) mass is 445 g/mol. The molecule has 0 aromatic carbocycles. The Morgan fingerprint density at radius 3 is 0.364 bits per heavy atom. The molecule has 0 unspecified atom stereocenters. The van der Waals surface area contributed by atoms with Gasteiger partial charge in [0.1, 0.15) is 0 Å². The molecule has 0 aromatic heterocycles. The molecule has 0 heterocycles. The third-order valence-electron chi connectivity index (χ3n) is 0. The van der Waals surface area contributed by atoms with Gasteiger partial charge in [-0.25, -0.2) is 0 Å². The van der Waals surface area contributed by atoms with Gasteiger partial charge in [0, 0.05) is 0 Å². The molecule has 0 fully saturated rings. The molecular weight excluding hydrogens is 446 g/mol. The van der Waals surface area contributed by atoms with Crippen LogP contribution in [0.15, 0.2) is 0 Å². The molecule has 0 atom stereocenters. The first kappa shape index (κ1) is 42.8. The molecule has 0 aromatic rings. The maximum Gasteiger partial charge on any atom is 4.00 e. The Kier molecular flexibility index (Phi) is 70.2. The van der Waals surface area contributed by atoms with Crippen molar-refractivity contribution in [2.45, 2.75) is 0 Å². The average Bonchev–Trinajstić information content (AvgIpc) is 1.94. The van der Waals surface area contributed by atoms with Gasteiger partial charge in [0.05, 0.1) is 25.4 Å². The summed E-state index contributed by atoms with van der Waals surface area (Å²) in [6.07, 6.45) is 0. The molecule has 22 heavy (non-hydrogen) atoms. The Hall–Kier alpha value is -3.04. The van der Waals surface area contributed by atoms with Gasteiger partial charge in [-0.3, -0.25) is 0 Å². The van der Waals surface area contributed by atoms with Crippen LogP contribution in [-0.4, -0.2) is 36.4 Å². The van der Waals surface area contributed by atoms with E-state index in [4.69, 9.17) is 76.6 Å². The van der Waals surface area contributed by atoms with Crippen LogP contribution < -0.4 is 0 Å². The summed E-state index contributed by atoms with van der Waals surface area (Å²) in [7, 11) is 0. The minimum Gasteiger partial charge on any atom is -0.356 e. The van der Waals surface area contributed by atoms with E-state index in [1.54, 1.807) is 0 Å². The van der Waals surface area contributed by atoms with Gasteiger partial charge >= 0.3 is 33.3 Å². The topological polar surface area (TPSA) is 331 Å². The van der Waals surface area contributed by atoms with Crippen molar-refractivity contribution in [2.24, 2.45) is 0 Å². The number of hydrogen-bond donors (Lipinski definition) is 0. The zero-order valence-corrected chi connectivity index (χ0v) is 11.6. The van der Waals surface area contributed by atoms with Crippen LogP contribution in [0.2, 0.25) is 0 Å². The van der Waals surface area contributed by atoms with E-state index in [0.717, 1.165) is 0 Å². The molecule has 22 heteroatoms. The summed E-state index contributed by atoms with van der Waals surface area (Å²) in [5, 5.41) is 73.8. The summed E-state index contributed by atoms with van der Waals surface area (Å²) < 4.78 is 0. The Morgan fingerprint density at radius 1 is 0.364 bits per heavy atom. The number of hydrogen-bond acceptors (Lipinski definition) is 15. The molecule has 130 valence electrons. The average molecular weight is 446 g/mol. The fourth-order valence-electron chi connectivity index (χ4n) is 0. The Balaban J connectivity index is -0.0000000250. The summed E-state index contributed by atoms with van der Waals surface area (Å²) >= 11 is 0. The first-order valence-electron chi connectivity index (χ1n) is 2.74. The maximum atomic E-state index is 8.25. The zero-order chi connectivity index (χ0) is 17.9. The van der Waals surface area contributed by atoms with E-state index >= 15 is 0 Å². The van der Waals surface area contributed by atoms with Gasteiger partial charge in [-0.05, 0) is 0 Å². The van der Waals surface area contributed by atoms with Gasteiger partial charge in [-0.2, -0.15) is 0 Å². The molecule has 0 radical (unpaired) electrons. The fraction of sp³-hybridized carbons (Fsp3) is 0. The van der Waals surface area contributed by atoms with E-state index in [1.807, 2.05) is 0 Å². The Bertz CT molecular complexity index is 213. The summed E-state index contributed by atoms with van der Waals surface area (Å²) in [6, 6.07) is 0. The molecule has 0 aliphatic carbocycles. The van der Waals surface area contributed by atoms with Gasteiger partial charge in [0.15, 0.2) is 0 Å². The number of nitrogens with zero attached hydrogens (tertiary/aromatic N) is 5. The largest absolute Gasteiger partial charge is 4.00 e. The molecule has 0 rings (SSSR count). The second-order valence-electron chi connectivity index (χ2n) is 1.12. The molecule has 0 N–H and O–H groups in total. The zero-order valence-electron chi connectivity index (χ0n) is 9.16. The van der Waals surface area contributed by atoms with Crippen molar-refractivity contribution in [2.75, 3.05) is 0 Å². The number of rotatable bonds is 0. The van der Waals surface area contributed by atoms with Gasteiger partial charge in [-0.1, -0.05) is 0 Å². The van der Waals surface area contributed by atoms with Crippen LogP contribution in [-0.2, 0) is 22.4 Å². The molecule has 0 bridgehead atoms. The predicted molar refractivity (Wildman–Crippen MR) is 57.6 cm³/mol. The van der Waals surface area contributed by atoms with Crippen LogP contribution in [0.4, 0.5) is 0 Å². The Morgan fingerprint density at radius 2 is 0.364 bits per heavy atom.